The summed E-state index contributed by atoms with van der Waals surface area (Å²) in [6.07, 6.45) is -0.149. The van der Waals surface area contributed by atoms with Crippen molar-refractivity contribution in [3.63, 3.8) is 0 Å². The number of carboxylic acid groups (broad SMARTS) is 1. The molecule has 0 unspecified atom stereocenters. The number of nitrogens with one attached hydrogen (secondary N) is 1. The van der Waals surface area contributed by atoms with Crippen molar-refractivity contribution < 1.29 is 37.8 Å². The molecule has 0 fully saturated rings. The molecule has 0 bridgehead atoms. The Morgan fingerprint density at radius 1 is 1.23 bits per heavy atom. The van der Waals surface area contributed by atoms with E-state index in [4.69, 9.17) is 14.4 Å². The number of pyridine rings is 1. The molecule has 12 heteroatoms. The average molecular weight is 422 g/mol. The first-order valence-corrected chi connectivity index (χ1v) is 8.55. The molecule has 0 radical (unpaired) electrons. The average Bonchev–Trinajstić information content (AvgIpc) is 3.17. The number of aromatic nitrogens is 3. The van der Waals surface area contributed by atoms with E-state index in [-0.39, 0.29) is 29.8 Å². The Bertz CT molecular complexity index is 983. The van der Waals surface area contributed by atoms with E-state index >= 15 is 0 Å². The molecular formula is C18H16F2N4O6. The lowest BCUT2D eigenvalue weighted by atomic mass is 10.2. The van der Waals surface area contributed by atoms with E-state index < -0.39 is 25.4 Å². The number of benzene rings is 1. The van der Waals surface area contributed by atoms with Gasteiger partial charge in [0.25, 0.3) is 0 Å². The van der Waals surface area contributed by atoms with Crippen molar-refractivity contribution in [2.45, 2.75) is 19.1 Å². The molecule has 0 aliphatic heterocycles. The minimum atomic E-state index is -2.94. The van der Waals surface area contributed by atoms with E-state index in [1.807, 2.05) is 0 Å². The molecule has 2 heterocycles. The summed E-state index contributed by atoms with van der Waals surface area (Å²) >= 11 is 0. The van der Waals surface area contributed by atoms with Gasteiger partial charge in [-0.2, -0.15) is 13.8 Å². The topological polar surface area (TPSA) is 140 Å². The van der Waals surface area contributed by atoms with Crippen molar-refractivity contribution in [3.05, 3.63) is 48.5 Å². The summed E-state index contributed by atoms with van der Waals surface area (Å²) in [7, 11) is 0. The van der Waals surface area contributed by atoms with Gasteiger partial charge in [-0.3, -0.25) is 0 Å². The number of halogens is 2. The molecule has 2 aromatic heterocycles. The van der Waals surface area contributed by atoms with E-state index in [1.165, 1.54) is 12.1 Å². The van der Waals surface area contributed by atoms with E-state index in [9.17, 15) is 18.7 Å². The van der Waals surface area contributed by atoms with Crippen LogP contribution in [-0.4, -0.2) is 50.7 Å². The first-order valence-electron chi connectivity index (χ1n) is 8.55. The Kier molecular flexibility index (Phi) is 6.70. The number of carbonyl (C=O) groups is 1. The highest BCUT2D eigenvalue weighted by molar-refractivity contribution is 5.64. The first-order chi connectivity index (χ1) is 14.4. The number of alkyl halides is 2. The van der Waals surface area contributed by atoms with E-state index in [0.717, 1.165) is 6.20 Å². The van der Waals surface area contributed by atoms with Crippen LogP contribution in [0.4, 0.5) is 13.6 Å². The third-order valence-electron chi connectivity index (χ3n) is 3.69. The number of aliphatic hydroxyl groups excluding tert-OH is 1. The molecule has 0 saturated carbocycles. The smallest absolute Gasteiger partial charge is 0.404 e. The summed E-state index contributed by atoms with van der Waals surface area (Å²) < 4.78 is 39.3. The quantitative estimate of drug-likeness (QED) is 0.475. The zero-order valence-electron chi connectivity index (χ0n) is 15.2. The lowest BCUT2D eigenvalue weighted by Crippen LogP contribution is -2.38. The van der Waals surface area contributed by atoms with Crippen molar-refractivity contribution in [1.82, 2.24) is 20.4 Å². The summed E-state index contributed by atoms with van der Waals surface area (Å²) in [5, 5.41) is 23.9. The summed E-state index contributed by atoms with van der Waals surface area (Å²) in [6, 6.07) is 8.53. The molecule has 0 aliphatic carbocycles. The fourth-order valence-electron chi connectivity index (χ4n) is 2.42. The molecule has 0 saturated heterocycles. The fraction of sp³-hybridized carbons (Fsp3) is 0.222. The predicted octanol–water partition coefficient (Wildman–Crippen LogP) is 2.70. The zero-order chi connectivity index (χ0) is 21.5. The van der Waals surface area contributed by atoms with Crippen LogP contribution in [0, 0.1) is 0 Å². The Hall–Kier alpha value is -3.80. The number of aliphatic hydroxyl groups is 1. The van der Waals surface area contributed by atoms with Crippen LogP contribution in [-0.2, 0) is 6.42 Å². The van der Waals surface area contributed by atoms with Gasteiger partial charge in [-0.15, -0.1) is 0 Å². The predicted molar refractivity (Wildman–Crippen MR) is 96.4 cm³/mol. The van der Waals surface area contributed by atoms with Crippen LogP contribution in [0.1, 0.15) is 5.89 Å². The second-order valence-corrected chi connectivity index (χ2v) is 5.89. The van der Waals surface area contributed by atoms with E-state index in [0.29, 0.717) is 11.3 Å². The summed E-state index contributed by atoms with van der Waals surface area (Å²) in [6.45, 7) is -3.37. The maximum Gasteiger partial charge on any atom is 0.404 e. The molecule has 3 N–H and O–H groups in total. The third-order valence-corrected chi connectivity index (χ3v) is 3.69. The standard InChI is InChI=1S/C18H16F2N4O6/c19-17(20)29-13-4-5-14(21-8-13)28-12-3-1-2-10(6-12)16-23-15(30-24-16)7-11(9-25)22-18(26)27/h1-6,8,11,17,22,25H,7,9H2,(H,26,27)/t11-/m0/s1. The van der Waals surface area contributed by atoms with Crippen LogP contribution >= 0.6 is 0 Å². The first kappa shape index (κ1) is 20.9. The van der Waals surface area contributed by atoms with Gasteiger partial charge in [0.05, 0.1) is 18.8 Å². The van der Waals surface area contributed by atoms with Gasteiger partial charge in [-0.05, 0) is 18.2 Å². The van der Waals surface area contributed by atoms with Gasteiger partial charge in [-0.1, -0.05) is 17.3 Å². The lowest BCUT2D eigenvalue weighted by molar-refractivity contribution is -0.0501. The zero-order valence-corrected chi connectivity index (χ0v) is 15.2. The summed E-state index contributed by atoms with van der Waals surface area (Å²) in [4.78, 5) is 18.8. The van der Waals surface area contributed by atoms with Crippen molar-refractivity contribution >= 4 is 6.09 Å². The maximum absolute atomic E-state index is 12.2. The molecule has 30 heavy (non-hydrogen) atoms. The second kappa shape index (κ2) is 9.60. The van der Waals surface area contributed by atoms with Gasteiger partial charge in [0, 0.05) is 18.1 Å². The van der Waals surface area contributed by atoms with Crippen LogP contribution in [0.15, 0.2) is 47.1 Å². The van der Waals surface area contributed by atoms with Crippen LogP contribution in [0.5, 0.6) is 17.4 Å². The van der Waals surface area contributed by atoms with Crippen LogP contribution in [0.2, 0.25) is 0 Å². The molecule has 1 amide bonds. The molecular weight excluding hydrogens is 406 g/mol. The number of ether oxygens (including phenoxy) is 2. The molecule has 1 aromatic carbocycles. The lowest BCUT2D eigenvalue weighted by Gasteiger charge is -2.10. The van der Waals surface area contributed by atoms with Crippen LogP contribution in [0.3, 0.4) is 0 Å². The molecule has 3 rings (SSSR count). The SMILES string of the molecule is O=C(O)N[C@H](CO)Cc1nc(-c2cccc(Oc3ccc(OC(F)F)cn3)c2)no1. The van der Waals surface area contributed by atoms with Gasteiger partial charge < -0.3 is 29.5 Å². The highest BCUT2D eigenvalue weighted by atomic mass is 19.3. The van der Waals surface area contributed by atoms with Crippen LogP contribution < -0.4 is 14.8 Å². The molecule has 10 nitrogen and oxygen atoms in total. The highest BCUT2D eigenvalue weighted by Gasteiger charge is 2.17. The number of rotatable bonds is 9. The van der Waals surface area contributed by atoms with E-state index in [2.05, 4.69) is 25.2 Å². The largest absolute Gasteiger partial charge is 0.465 e. The third kappa shape index (κ3) is 5.85. The van der Waals surface area contributed by atoms with Crippen molar-refractivity contribution in [2.24, 2.45) is 0 Å². The molecule has 0 spiro atoms. The monoisotopic (exact) mass is 422 g/mol. The normalized spacial score (nSPS) is 11.9. The van der Waals surface area contributed by atoms with Gasteiger partial charge in [-0.25, -0.2) is 9.78 Å². The van der Waals surface area contributed by atoms with Crippen molar-refractivity contribution in [1.29, 1.82) is 0 Å². The van der Waals surface area contributed by atoms with Gasteiger partial charge in [0.15, 0.2) is 0 Å². The van der Waals surface area contributed by atoms with Crippen molar-refractivity contribution in [3.8, 4) is 28.8 Å². The minimum absolute atomic E-state index is 0.0168. The van der Waals surface area contributed by atoms with E-state index in [1.54, 1.807) is 24.3 Å². The Morgan fingerprint density at radius 3 is 2.73 bits per heavy atom. The molecule has 158 valence electrons. The summed E-state index contributed by atoms with van der Waals surface area (Å²) in [5.41, 5.74) is 0.548. The Balaban J connectivity index is 1.68. The van der Waals surface area contributed by atoms with Gasteiger partial charge >= 0.3 is 12.7 Å². The number of nitrogens with zero attached hydrogens (tertiary/aromatic N) is 3. The summed E-state index contributed by atoms with van der Waals surface area (Å²) in [5.74, 6) is 0.822. The number of amides is 1. The van der Waals surface area contributed by atoms with Crippen LogP contribution in [0.25, 0.3) is 11.4 Å². The number of hydrogen-bond donors (Lipinski definition) is 3. The highest BCUT2D eigenvalue weighted by Crippen LogP contribution is 2.26. The Morgan fingerprint density at radius 2 is 2.07 bits per heavy atom. The Labute approximate surface area is 168 Å². The van der Waals surface area contributed by atoms with Gasteiger partial charge in [0.1, 0.15) is 11.5 Å². The molecule has 3 aromatic rings. The molecule has 1 atom stereocenters. The van der Waals surface area contributed by atoms with Crippen molar-refractivity contribution in [2.75, 3.05) is 6.61 Å². The second-order valence-electron chi connectivity index (χ2n) is 5.89. The molecule has 0 aliphatic rings. The minimum Gasteiger partial charge on any atom is -0.465 e. The number of hydrogen-bond acceptors (Lipinski definition) is 8. The maximum atomic E-state index is 12.2. The van der Waals surface area contributed by atoms with Gasteiger partial charge in [0.2, 0.25) is 17.6 Å². The fourth-order valence-corrected chi connectivity index (χ4v) is 2.42.